The van der Waals surface area contributed by atoms with Crippen LogP contribution < -0.4 is 53.2 Å². The monoisotopic (exact) mass is 254 g/mol. The quantitative estimate of drug-likeness (QED) is 0.173. The molecule has 0 aliphatic rings. The average Bonchev–Trinajstić information content (AvgIpc) is 2.19. The van der Waals surface area contributed by atoms with Gasteiger partial charge in [0.15, 0.2) is 23.3 Å². The van der Waals surface area contributed by atoms with Crippen LogP contribution in [-0.4, -0.2) is 7.12 Å². The standard InChI is InChI=1S/C7H2BClF4O2.2Li/c9-1-2-3(8(14)15)5(11)7(13)6(12)4(2)10;;/h1H2;;/q-2;2*+1. The number of hydrogen-bond donors (Lipinski definition) is 0. The molecule has 1 rings (SSSR count). The van der Waals surface area contributed by atoms with Crippen LogP contribution in [-0.2, 0) is 5.88 Å². The Morgan fingerprint density at radius 1 is 0.882 bits per heavy atom. The minimum Gasteiger partial charge on any atom is -0.889 e. The molecule has 0 spiro atoms. The fraction of sp³-hybridized carbons (Fsp3) is 0.143. The minimum atomic E-state index is -2.97. The number of benzene rings is 1. The number of halogens is 5. The van der Waals surface area contributed by atoms with Gasteiger partial charge in [0.05, 0.1) is 0 Å². The van der Waals surface area contributed by atoms with Crippen LogP contribution in [0.4, 0.5) is 17.6 Å². The molecule has 82 valence electrons. The van der Waals surface area contributed by atoms with Crippen LogP contribution in [0.1, 0.15) is 5.56 Å². The second-order valence-corrected chi connectivity index (χ2v) is 2.88. The fourth-order valence-electron chi connectivity index (χ4n) is 1.07. The van der Waals surface area contributed by atoms with Crippen molar-refractivity contribution < 1.29 is 65.3 Å². The van der Waals surface area contributed by atoms with E-state index in [0.29, 0.717) is 0 Å². The molecule has 0 heterocycles. The molecule has 1 aromatic carbocycles. The normalized spacial score (nSPS) is 9.35. The van der Waals surface area contributed by atoms with Crippen molar-refractivity contribution in [2.45, 2.75) is 5.88 Å². The summed E-state index contributed by atoms with van der Waals surface area (Å²) in [6.07, 6.45) is 0. The summed E-state index contributed by atoms with van der Waals surface area (Å²) in [6, 6.07) is 0. The summed E-state index contributed by atoms with van der Waals surface area (Å²) in [6.45, 7) is 0. The Labute approximate surface area is 124 Å². The predicted molar refractivity (Wildman–Crippen MR) is 41.2 cm³/mol. The molecule has 0 atom stereocenters. The fourth-order valence-corrected chi connectivity index (χ4v) is 1.33. The molecule has 0 unspecified atom stereocenters. The zero-order chi connectivity index (χ0) is 11.7. The molecule has 0 saturated carbocycles. The Hall–Kier alpha value is 0.410. The number of rotatable bonds is 2. The summed E-state index contributed by atoms with van der Waals surface area (Å²) >= 11 is 5.10. The second-order valence-electron chi connectivity index (χ2n) is 2.61. The summed E-state index contributed by atoms with van der Waals surface area (Å²) < 4.78 is 51.1. The van der Waals surface area contributed by atoms with E-state index in [4.69, 9.17) is 11.6 Å². The Bertz CT molecular complexity index is 408. The maximum absolute atomic E-state index is 12.9. The Morgan fingerprint density at radius 3 is 1.65 bits per heavy atom. The molecule has 0 bridgehead atoms. The largest absolute Gasteiger partial charge is 1.00 e. The van der Waals surface area contributed by atoms with E-state index < -0.39 is 47.3 Å². The van der Waals surface area contributed by atoms with E-state index in [-0.39, 0.29) is 37.7 Å². The summed E-state index contributed by atoms with van der Waals surface area (Å²) in [4.78, 5) is 0. The van der Waals surface area contributed by atoms with Crippen molar-refractivity contribution >= 4 is 24.2 Å². The molecular weight excluding hydrogens is 252 g/mol. The van der Waals surface area contributed by atoms with E-state index in [1.807, 2.05) is 0 Å². The van der Waals surface area contributed by atoms with Crippen molar-refractivity contribution in [2.24, 2.45) is 0 Å². The van der Waals surface area contributed by atoms with Crippen LogP contribution in [0.5, 0.6) is 0 Å². The van der Waals surface area contributed by atoms with Crippen LogP contribution in [0.15, 0.2) is 0 Å². The number of hydrogen-bond acceptors (Lipinski definition) is 2. The van der Waals surface area contributed by atoms with E-state index in [1.54, 1.807) is 0 Å². The van der Waals surface area contributed by atoms with E-state index in [2.05, 4.69) is 0 Å². The van der Waals surface area contributed by atoms with Crippen LogP contribution >= 0.6 is 11.6 Å². The molecule has 0 aromatic heterocycles. The first kappa shape index (κ1) is 19.7. The molecule has 0 N–H and O–H groups in total. The molecule has 0 amide bonds. The summed E-state index contributed by atoms with van der Waals surface area (Å²) in [7, 11) is -2.97. The Balaban J connectivity index is 0. The van der Waals surface area contributed by atoms with Gasteiger partial charge in [-0.2, -0.15) is 0 Å². The first-order valence-electron chi connectivity index (χ1n) is 3.64. The van der Waals surface area contributed by atoms with Gasteiger partial charge in [0.2, 0.25) is 0 Å². The maximum Gasteiger partial charge on any atom is 1.00 e. The van der Waals surface area contributed by atoms with Crippen LogP contribution in [0.25, 0.3) is 0 Å². The van der Waals surface area contributed by atoms with E-state index >= 15 is 0 Å². The molecule has 0 fully saturated rings. The van der Waals surface area contributed by atoms with Gasteiger partial charge in [0, 0.05) is 5.88 Å². The zero-order valence-corrected chi connectivity index (χ0v) is 9.75. The van der Waals surface area contributed by atoms with Gasteiger partial charge in [-0.1, -0.05) is 12.6 Å². The molecule has 0 saturated heterocycles. The molecule has 2 nitrogen and oxygen atoms in total. The van der Waals surface area contributed by atoms with Gasteiger partial charge in [-0.25, -0.2) is 17.6 Å². The predicted octanol–water partition coefficient (Wildman–Crippen LogP) is -6.59. The van der Waals surface area contributed by atoms with Gasteiger partial charge < -0.3 is 10.0 Å². The molecule has 1 aromatic rings. The summed E-state index contributed by atoms with van der Waals surface area (Å²) in [5, 5.41) is 20.9. The topological polar surface area (TPSA) is 46.1 Å². The molecular formula is C7H2BClF4Li2O2. The Morgan fingerprint density at radius 2 is 1.29 bits per heavy atom. The Kier molecular flexibility index (Phi) is 9.01. The molecule has 0 aliphatic heterocycles. The van der Waals surface area contributed by atoms with E-state index in [0.717, 1.165) is 0 Å². The summed E-state index contributed by atoms with van der Waals surface area (Å²) in [5.74, 6) is -8.87. The summed E-state index contributed by atoms with van der Waals surface area (Å²) in [5.41, 5.74) is -2.26. The van der Waals surface area contributed by atoms with Gasteiger partial charge in [0.25, 0.3) is 0 Å². The third-order valence-corrected chi connectivity index (χ3v) is 2.04. The zero-order valence-electron chi connectivity index (χ0n) is 8.99. The first-order valence-corrected chi connectivity index (χ1v) is 4.17. The molecule has 0 aliphatic carbocycles. The second kappa shape index (κ2) is 7.76. The SMILES string of the molecule is [Li+].[Li+].[O-]B([O-])c1c(F)c(F)c(F)c(F)c1CCl. The number of alkyl halides is 1. The van der Waals surface area contributed by atoms with Gasteiger partial charge >= 0.3 is 37.7 Å². The van der Waals surface area contributed by atoms with Crippen molar-refractivity contribution in [3.63, 3.8) is 0 Å². The smallest absolute Gasteiger partial charge is 0.889 e. The van der Waals surface area contributed by atoms with Crippen LogP contribution in [0.3, 0.4) is 0 Å². The minimum absolute atomic E-state index is 0. The van der Waals surface area contributed by atoms with Crippen molar-refractivity contribution in [3.05, 3.63) is 28.8 Å². The molecule has 17 heavy (non-hydrogen) atoms. The van der Waals surface area contributed by atoms with Gasteiger partial charge in [-0.15, -0.1) is 11.6 Å². The molecule has 10 heteroatoms. The van der Waals surface area contributed by atoms with E-state index in [9.17, 15) is 27.6 Å². The first-order chi connectivity index (χ1) is 6.91. The third kappa shape index (κ3) is 3.68. The molecule has 0 radical (unpaired) electrons. The van der Waals surface area contributed by atoms with Crippen LogP contribution in [0.2, 0.25) is 0 Å². The van der Waals surface area contributed by atoms with E-state index in [1.165, 1.54) is 0 Å². The van der Waals surface area contributed by atoms with Crippen molar-refractivity contribution in [1.29, 1.82) is 0 Å². The van der Waals surface area contributed by atoms with Crippen molar-refractivity contribution in [3.8, 4) is 0 Å². The van der Waals surface area contributed by atoms with Gasteiger partial charge in [-0.05, 0) is 5.56 Å². The average molecular weight is 254 g/mol. The van der Waals surface area contributed by atoms with Crippen LogP contribution in [0, 0.1) is 23.3 Å². The van der Waals surface area contributed by atoms with Crippen molar-refractivity contribution in [2.75, 3.05) is 0 Å². The third-order valence-electron chi connectivity index (χ3n) is 1.77. The maximum atomic E-state index is 12.9. The van der Waals surface area contributed by atoms with Gasteiger partial charge in [0.1, 0.15) is 0 Å². The van der Waals surface area contributed by atoms with Crippen molar-refractivity contribution in [1.82, 2.24) is 0 Å². The van der Waals surface area contributed by atoms with Gasteiger partial charge in [-0.3, -0.25) is 0 Å².